The van der Waals surface area contributed by atoms with Crippen LogP contribution in [-0.2, 0) is 0 Å². The SMILES string of the molecule is COc1ccccc1C#CC(=O)c1cc(Cl)ccc1O. The van der Waals surface area contributed by atoms with E-state index in [1.165, 1.54) is 25.3 Å². The molecule has 1 N–H and O–H groups in total. The minimum Gasteiger partial charge on any atom is -0.507 e. The predicted molar refractivity (Wildman–Crippen MR) is 77.3 cm³/mol. The van der Waals surface area contributed by atoms with Crippen molar-refractivity contribution in [2.24, 2.45) is 0 Å². The zero-order valence-corrected chi connectivity index (χ0v) is 11.4. The van der Waals surface area contributed by atoms with E-state index in [0.29, 0.717) is 16.3 Å². The van der Waals surface area contributed by atoms with Gasteiger partial charge in [0.2, 0.25) is 5.78 Å². The fourth-order valence-corrected chi connectivity index (χ4v) is 1.80. The Bertz CT molecular complexity index is 711. The van der Waals surface area contributed by atoms with Gasteiger partial charge in [0, 0.05) is 5.02 Å². The monoisotopic (exact) mass is 286 g/mol. The number of phenolic OH excluding ortho intramolecular Hbond substituents is 1. The number of rotatable bonds is 2. The molecule has 0 bridgehead atoms. The number of carbonyl (C=O) groups is 1. The summed E-state index contributed by atoms with van der Waals surface area (Å²) < 4.78 is 5.14. The topological polar surface area (TPSA) is 46.5 Å². The molecule has 0 saturated heterocycles. The number of methoxy groups -OCH3 is 1. The van der Waals surface area contributed by atoms with Gasteiger partial charge in [-0.05, 0) is 36.3 Å². The molecule has 2 rings (SSSR count). The summed E-state index contributed by atoms with van der Waals surface area (Å²) in [6, 6.07) is 11.4. The van der Waals surface area contributed by atoms with E-state index in [9.17, 15) is 9.90 Å². The van der Waals surface area contributed by atoms with Crippen LogP contribution >= 0.6 is 11.6 Å². The van der Waals surface area contributed by atoms with Gasteiger partial charge in [-0.25, -0.2) is 0 Å². The smallest absolute Gasteiger partial charge is 0.240 e. The summed E-state index contributed by atoms with van der Waals surface area (Å²) in [5.41, 5.74) is 0.685. The number of ketones is 1. The maximum absolute atomic E-state index is 12.0. The van der Waals surface area contributed by atoms with Gasteiger partial charge >= 0.3 is 0 Å². The highest BCUT2D eigenvalue weighted by Gasteiger charge is 2.09. The molecule has 0 radical (unpaired) electrons. The highest BCUT2D eigenvalue weighted by atomic mass is 35.5. The summed E-state index contributed by atoms with van der Waals surface area (Å²) in [5.74, 6) is 5.14. The van der Waals surface area contributed by atoms with Crippen molar-refractivity contribution in [3.05, 3.63) is 58.6 Å². The molecule has 2 aromatic rings. The highest BCUT2D eigenvalue weighted by Crippen LogP contribution is 2.22. The van der Waals surface area contributed by atoms with Crippen molar-refractivity contribution in [2.75, 3.05) is 7.11 Å². The van der Waals surface area contributed by atoms with Crippen molar-refractivity contribution in [2.45, 2.75) is 0 Å². The number of ether oxygens (including phenoxy) is 1. The molecule has 2 aromatic carbocycles. The molecule has 0 fully saturated rings. The Morgan fingerprint density at radius 1 is 1.25 bits per heavy atom. The van der Waals surface area contributed by atoms with Crippen molar-refractivity contribution in [3.63, 3.8) is 0 Å². The van der Waals surface area contributed by atoms with E-state index < -0.39 is 5.78 Å². The minimum atomic E-state index is -0.504. The molecule has 100 valence electrons. The summed E-state index contributed by atoms with van der Waals surface area (Å²) in [5, 5.41) is 10.00. The fraction of sp³-hybridized carbons (Fsp3) is 0.0625. The largest absolute Gasteiger partial charge is 0.507 e. The van der Waals surface area contributed by atoms with Crippen LogP contribution in [0.3, 0.4) is 0 Å². The average molecular weight is 287 g/mol. The van der Waals surface area contributed by atoms with Gasteiger partial charge in [0.25, 0.3) is 0 Å². The Morgan fingerprint density at radius 3 is 2.75 bits per heavy atom. The first-order chi connectivity index (χ1) is 9.61. The summed E-state index contributed by atoms with van der Waals surface area (Å²) in [6.07, 6.45) is 0. The quantitative estimate of drug-likeness (QED) is 0.681. The van der Waals surface area contributed by atoms with Crippen LogP contribution in [0.2, 0.25) is 5.02 Å². The lowest BCUT2D eigenvalue weighted by Crippen LogP contribution is -1.96. The average Bonchev–Trinajstić information content (AvgIpc) is 2.47. The van der Waals surface area contributed by atoms with Crippen molar-refractivity contribution in [1.29, 1.82) is 0 Å². The van der Waals surface area contributed by atoms with Crippen LogP contribution in [0, 0.1) is 11.8 Å². The first-order valence-corrected chi connectivity index (χ1v) is 6.17. The van der Waals surface area contributed by atoms with E-state index in [4.69, 9.17) is 16.3 Å². The van der Waals surface area contributed by atoms with Crippen LogP contribution in [0.25, 0.3) is 0 Å². The van der Waals surface area contributed by atoms with Crippen molar-refractivity contribution in [3.8, 4) is 23.3 Å². The molecule has 0 amide bonds. The number of benzene rings is 2. The van der Waals surface area contributed by atoms with Gasteiger partial charge in [-0.2, -0.15) is 0 Å². The van der Waals surface area contributed by atoms with Crippen LogP contribution in [0.5, 0.6) is 11.5 Å². The van der Waals surface area contributed by atoms with Crippen molar-refractivity contribution < 1.29 is 14.6 Å². The van der Waals surface area contributed by atoms with Crippen molar-refractivity contribution in [1.82, 2.24) is 0 Å². The second-order valence-electron chi connectivity index (χ2n) is 3.94. The summed E-state index contributed by atoms with van der Waals surface area (Å²) in [6.45, 7) is 0. The van der Waals surface area contributed by atoms with Gasteiger partial charge < -0.3 is 9.84 Å². The Hall–Kier alpha value is -2.44. The third kappa shape index (κ3) is 3.11. The molecule has 0 aromatic heterocycles. The zero-order valence-electron chi connectivity index (χ0n) is 10.7. The second-order valence-corrected chi connectivity index (χ2v) is 4.38. The normalized spacial score (nSPS) is 9.50. The summed E-state index contributed by atoms with van der Waals surface area (Å²) in [4.78, 5) is 12.0. The lowest BCUT2D eigenvalue weighted by Gasteiger charge is -2.01. The maximum atomic E-state index is 12.0. The van der Waals surface area contributed by atoms with E-state index in [-0.39, 0.29) is 11.3 Å². The van der Waals surface area contributed by atoms with Gasteiger partial charge in [0.05, 0.1) is 18.2 Å². The van der Waals surface area contributed by atoms with E-state index in [1.807, 2.05) is 6.07 Å². The standard InChI is InChI=1S/C16H11ClO3/c1-20-16-5-3-2-4-11(16)6-8-14(18)13-10-12(17)7-9-15(13)19/h2-5,7,9-10,19H,1H3. The maximum Gasteiger partial charge on any atom is 0.240 e. The van der Waals surface area contributed by atoms with Gasteiger partial charge in [-0.15, -0.1) is 0 Å². The van der Waals surface area contributed by atoms with Crippen molar-refractivity contribution >= 4 is 17.4 Å². The summed E-state index contributed by atoms with van der Waals surface area (Å²) >= 11 is 5.79. The molecular weight excluding hydrogens is 276 g/mol. The Morgan fingerprint density at radius 2 is 2.00 bits per heavy atom. The Labute approximate surface area is 121 Å². The third-order valence-corrected chi connectivity index (χ3v) is 2.86. The number of aromatic hydroxyl groups is 1. The number of phenols is 1. The molecule has 0 heterocycles. The molecule has 3 nitrogen and oxygen atoms in total. The highest BCUT2D eigenvalue weighted by molar-refractivity contribution is 6.31. The lowest BCUT2D eigenvalue weighted by molar-refractivity contribution is 0.105. The first kappa shape index (κ1) is 14.0. The first-order valence-electron chi connectivity index (χ1n) is 5.79. The van der Waals surface area contributed by atoms with Crippen LogP contribution in [0.4, 0.5) is 0 Å². The fourth-order valence-electron chi connectivity index (χ4n) is 1.63. The minimum absolute atomic E-state index is 0.0832. The molecule has 0 aliphatic heterocycles. The molecule has 0 aliphatic carbocycles. The number of hydrogen-bond donors (Lipinski definition) is 1. The number of para-hydroxylation sites is 1. The predicted octanol–water partition coefficient (Wildman–Crippen LogP) is 3.29. The number of Topliss-reactive ketones (excluding diaryl/α,β-unsaturated/α-hetero) is 1. The molecule has 0 spiro atoms. The zero-order chi connectivity index (χ0) is 14.5. The molecule has 4 heteroatoms. The van der Waals surface area contributed by atoms with Gasteiger partial charge in [0.1, 0.15) is 11.5 Å². The van der Waals surface area contributed by atoms with E-state index >= 15 is 0 Å². The van der Waals surface area contributed by atoms with E-state index in [1.54, 1.807) is 18.2 Å². The molecular formula is C16H11ClO3. The molecule has 0 atom stereocenters. The van der Waals surface area contributed by atoms with Gasteiger partial charge in [-0.1, -0.05) is 29.7 Å². The Balaban J connectivity index is 2.33. The van der Waals surface area contributed by atoms with E-state index in [0.717, 1.165) is 0 Å². The number of halogens is 1. The second kappa shape index (κ2) is 6.14. The Kier molecular flexibility index (Phi) is 4.29. The number of carbonyl (C=O) groups excluding carboxylic acids is 1. The van der Waals surface area contributed by atoms with E-state index in [2.05, 4.69) is 11.8 Å². The van der Waals surface area contributed by atoms with Crippen LogP contribution in [0.15, 0.2) is 42.5 Å². The lowest BCUT2D eigenvalue weighted by atomic mass is 10.1. The van der Waals surface area contributed by atoms with Crippen LogP contribution in [0.1, 0.15) is 15.9 Å². The molecule has 0 unspecified atom stereocenters. The third-order valence-electron chi connectivity index (χ3n) is 2.62. The molecule has 0 aliphatic rings. The van der Waals surface area contributed by atoms with Gasteiger partial charge in [0.15, 0.2) is 0 Å². The number of hydrogen-bond acceptors (Lipinski definition) is 3. The summed E-state index contributed by atoms with van der Waals surface area (Å²) in [7, 11) is 1.53. The molecule has 0 saturated carbocycles. The van der Waals surface area contributed by atoms with Crippen LogP contribution in [-0.4, -0.2) is 18.0 Å². The van der Waals surface area contributed by atoms with Crippen LogP contribution < -0.4 is 4.74 Å². The molecule has 20 heavy (non-hydrogen) atoms. The van der Waals surface area contributed by atoms with Gasteiger partial charge in [-0.3, -0.25) is 4.79 Å².